The number of carbonyl (C=O) groups excluding carboxylic acids is 1. The van der Waals surface area contributed by atoms with Crippen molar-refractivity contribution in [2.75, 3.05) is 11.4 Å². The molecule has 3 nitrogen and oxygen atoms in total. The molecule has 0 saturated heterocycles. The van der Waals surface area contributed by atoms with Gasteiger partial charge in [0.25, 0.3) is 0 Å². The summed E-state index contributed by atoms with van der Waals surface area (Å²) in [6, 6.07) is 0.660. The summed E-state index contributed by atoms with van der Waals surface area (Å²) < 4.78 is 0. The van der Waals surface area contributed by atoms with E-state index in [4.69, 9.17) is 4.98 Å². The van der Waals surface area contributed by atoms with Gasteiger partial charge in [-0.3, -0.25) is 4.79 Å². The molecule has 1 saturated carbocycles. The van der Waals surface area contributed by atoms with E-state index in [0.717, 1.165) is 28.7 Å². The highest BCUT2D eigenvalue weighted by molar-refractivity contribution is 7.17. The smallest absolute Gasteiger partial charge is 0.186 e. The fraction of sp³-hybridized carbons (Fsp3) is 0.750. The lowest BCUT2D eigenvalue weighted by Crippen LogP contribution is -2.29. The Balaban J connectivity index is 1.90. The molecular weight excluding hydrogens is 268 g/mol. The third-order valence-electron chi connectivity index (χ3n) is 4.02. The van der Waals surface area contributed by atoms with Gasteiger partial charge in [-0.25, -0.2) is 4.98 Å². The maximum atomic E-state index is 12.3. The molecule has 0 bridgehead atoms. The maximum Gasteiger partial charge on any atom is 0.186 e. The molecule has 1 fully saturated rings. The second kappa shape index (κ2) is 4.83. The summed E-state index contributed by atoms with van der Waals surface area (Å²) in [6.07, 6.45) is 4.15. The van der Waals surface area contributed by atoms with Gasteiger partial charge in [0.15, 0.2) is 10.9 Å². The number of hydrogen-bond acceptors (Lipinski definition) is 4. The molecule has 0 N–H and O–H groups in total. The first-order valence-electron chi connectivity index (χ1n) is 7.65. The van der Waals surface area contributed by atoms with Crippen LogP contribution in [0.5, 0.6) is 0 Å². The van der Waals surface area contributed by atoms with E-state index in [-0.39, 0.29) is 5.41 Å². The molecule has 1 aromatic rings. The van der Waals surface area contributed by atoms with E-state index in [2.05, 4.69) is 32.6 Å². The summed E-state index contributed by atoms with van der Waals surface area (Å²) in [6.45, 7) is 9.88. The number of nitrogens with zero attached hydrogens (tertiary/aromatic N) is 2. The molecule has 0 aromatic carbocycles. The average Bonchev–Trinajstić information content (AvgIpc) is 3.05. The fourth-order valence-electron chi connectivity index (χ4n) is 2.99. The number of thiazole rings is 1. The molecule has 110 valence electrons. The lowest BCUT2D eigenvalue weighted by molar-refractivity contribution is 0.0916. The standard InChI is InChI=1S/C16H24N2OS/c1-10(2)9-18(11-5-6-11)15-17-12-7-16(3,4)8-13(19)14(12)20-15/h10-11H,5-9H2,1-4H3. The lowest BCUT2D eigenvalue weighted by Gasteiger charge is -2.26. The molecule has 0 amide bonds. The van der Waals surface area contributed by atoms with Crippen molar-refractivity contribution in [1.82, 2.24) is 4.98 Å². The third kappa shape index (κ3) is 2.76. The van der Waals surface area contributed by atoms with Gasteiger partial charge < -0.3 is 4.90 Å². The Morgan fingerprint density at radius 2 is 2.05 bits per heavy atom. The van der Waals surface area contributed by atoms with Gasteiger partial charge in [-0.05, 0) is 30.6 Å². The van der Waals surface area contributed by atoms with Crippen LogP contribution < -0.4 is 4.90 Å². The van der Waals surface area contributed by atoms with Crippen LogP contribution in [0.15, 0.2) is 0 Å². The van der Waals surface area contributed by atoms with Crippen LogP contribution in [0.1, 0.15) is 62.3 Å². The van der Waals surface area contributed by atoms with E-state index in [0.29, 0.717) is 24.2 Å². The number of fused-ring (bicyclic) bond motifs is 1. The molecular formula is C16H24N2OS. The summed E-state index contributed by atoms with van der Waals surface area (Å²) >= 11 is 1.63. The molecule has 2 aliphatic rings. The number of aromatic nitrogens is 1. The van der Waals surface area contributed by atoms with Crippen molar-refractivity contribution < 1.29 is 4.79 Å². The van der Waals surface area contributed by atoms with E-state index in [9.17, 15) is 4.79 Å². The number of ketones is 1. The number of hydrogen-bond donors (Lipinski definition) is 0. The Bertz CT molecular complexity index is 529. The molecule has 4 heteroatoms. The van der Waals surface area contributed by atoms with Gasteiger partial charge in [-0.1, -0.05) is 39.0 Å². The van der Waals surface area contributed by atoms with Crippen molar-refractivity contribution in [3.05, 3.63) is 10.6 Å². The van der Waals surface area contributed by atoms with Gasteiger partial charge in [-0.2, -0.15) is 0 Å². The van der Waals surface area contributed by atoms with Crippen LogP contribution in [0.3, 0.4) is 0 Å². The molecule has 0 atom stereocenters. The minimum atomic E-state index is 0.0673. The Kier molecular flexibility index (Phi) is 3.39. The summed E-state index contributed by atoms with van der Waals surface area (Å²) in [5, 5.41) is 1.08. The largest absolute Gasteiger partial charge is 0.345 e. The molecule has 1 heterocycles. The van der Waals surface area contributed by atoms with Crippen molar-refractivity contribution in [2.45, 2.75) is 59.4 Å². The number of Topliss-reactive ketones (excluding diaryl/α,β-unsaturated/α-hetero) is 1. The zero-order chi connectivity index (χ0) is 14.5. The lowest BCUT2D eigenvalue weighted by atomic mass is 9.78. The fourth-order valence-corrected chi connectivity index (χ4v) is 4.09. The Hall–Kier alpha value is -0.900. The molecule has 0 radical (unpaired) electrons. The molecule has 2 aliphatic carbocycles. The van der Waals surface area contributed by atoms with Crippen LogP contribution in [-0.4, -0.2) is 23.4 Å². The summed E-state index contributed by atoms with van der Waals surface area (Å²) in [4.78, 5) is 20.5. The first kappa shape index (κ1) is 14.1. The summed E-state index contributed by atoms with van der Waals surface area (Å²) in [7, 11) is 0. The second-order valence-electron chi connectivity index (χ2n) is 7.49. The molecule has 3 rings (SSSR count). The first-order valence-corrected chi connectivity index (χ1v) is 8.47. The van der Waals surface area contributed by atoms with Gasteiger partial charge >= 0.3 is 0 Å². The highest BCUT2D eigenvalue weighted by Gasteiger charge is 2.37. The number of anilines is 1. The third-order valence-corrected chi connectivity index (χ3v) is 5.20. The van der Waals surface area contributed by atoms with Crippen LogP contribution >= 0.6 is 11.3 Å². The van der Waals surface area contributed by atoms with E-state index < -0.39 is 0 Å². The SMILES string of the molecule is CC(C)CN(c1nc2c(s1)C(=O)CC(C)(C)C2)C1CC1. The average molecular weight is 292 g/mol. The number of rotatable bonds is 4. The highest BCUT2D eigenvalue weighted by atomic mass is 32.1. The molecule has 0 aliphatic heterocycles. The quantitative estimate of drug-likeness (QED) is 0.843. The second-order valence-corrected chi connectivity index (χ2v) is 8.47. The molecule has 0 unspecified atom stereocenters. The molecule has 20 heavy (non-hydrogen) atoms. The molecule has 1 aromatic heterocycles. The van der Waals surface area contributed by atoms with Crippen molar-refractivity contribution >= 4 is 22.3 Å². The van der Waals surface area contributed by atoms with E-state index in [1.807, 2.05) is 0 Å². The van der Waals surface area contributed by atoms with Crippen molar-refractivity contribution in [3.8, 4) is 0 Å². The van der Waals surface area contributed by atoms with Crippen LogP contribution in [0.25, 0.3) is 0 Å². The van der Waals surface area contributed by atoms with E-state index in [1.54, 1.807) is 11.3 Å². The monoisotopic (exact) mass is 292 g/mol. The minimum absolute atomic E-state index is 0.0673. The molecule has 0 spiro atoms. The summed E-state index contributed by atoms with van der Waals surface area (Å²) in [5.74, 6) is 0.920. The number of carbonyl (C=O) groups is 1. The van der Waals surface area contributed by atoms with Crippen LogP contribution in [-0.2, 0) is 6.42 Å². The first-order chi connectivity index (χ1) is 9.35. The Labute approximate surface area is 125 Å². The zero-order valence-electron chi connectivity index (χ0n) is 12.9. The highest BCUT2D eigenvalue weighted by Crippen LogP contribution is 2.41. The van der Waals surface area contributed by atoms with Gasteiger partial charge in [0.2, 0.25) is 0 Å². The topological polar surface area (TPSA) is 33.2 Å². The van der Waals surface area contributed by atoms with Crippen molar-refractivity contribution in [3.63, 3.8) is 0 Å². The minimum Gasteiger partial charge on any atom is -0.345 e. The van der Waals surface area contributed by atoms with Crippen LogP contribution in [0.2, 0.25) is 0 Å². The Morgan fingerprint density at radius 3 is 2.65 bits per heavy atom. The van der Waals surface area contributed by atoms with Crippen molar-refractivity contribution in [2.24, 2.45) is 11.3 Å². The van der Waals surface area contributed by atoms with Gasteiger partial charge in [0.1, 0.15) is 0 Å². The Morgan fingerprint density at radius 1 is 1.35 bits per heavy atom. The van der Waals surface area contributed by atoms with Gasteiger partial charge in [0, 0.05) is 19.0 Å². The van der Waals surface area contributed by atoms with Crippen LogP contribution in [0.4, 0.5) is 5.13 Å². The maximum absolute atomic E-state index is 12.3. The summed E-state index contributed by atoms with van der Waals surface area (Å²) in [5.41, 5.74) is 1.11. The van der Waals surface area contributed by atoms with Crippen molar-refractivity contribution in [1.29, 1.82) is 0 Å². The zero-order valence-corrected chi connectivity index (χ0v) is 13.7. The van der Waals surface area contributed by atoms with E-state index in [1.165, 1.54) is 12.8 Å². The van der Waals surface area contributed by atoms with Crippen LogP contribution in [0, 0.1) is 11.3 Å². The predicted molar refractivity (Wildman–Crippen MR) is 83.8 cm³/mol. The van der Waals surface area contributed by atoms with Gasteiger partial charge in [-0.15, -0.1) is 0 Å². The van der Waals surface area contributed by atoms with E-state index >= 15 is 0 Å². The normalized spacial score (nSPS) is 21.1. The van der Waals surface area contributed by atoms with Gasteiger partial charge in [0.05, 0.1) is 10.6 Å². The predicted octanol–water partition coefficient (Wildman–Crippen LogP) is 3.92.